The molecule has 0 radical (unpaired) electrons. The van der Waals surface area contributed by atoms with E-state index in [1.165, 1.54) is 0 Å². The number of aliphatic hydroxyl groups excluding tert-OH is 1. The Bertz CT molecular complexity index is 59.9. The van der Waals surface area contributed by atoms with Crippen molar-refractivity contribution in [2.75, 3.05) is 26.9 Å². The minimum absolute atomic E-state index is 0.365. The quantitative estimate of drug-likeness (QED) is 0.585. The first-order valence-electron chi connectivity index (χ1n) is 3.57. The lowest BCUT2D eigenvalue weighted by Gasteiger charge is -2.20. The number of ether oxygens (including phenoxy) is 2. The first kappa shape index (κ1) is 9.88. The van der Waals surface area contributed by atoms with E-state index in [0.717, 1.165) is 33.4 Å². The normalized spacial score (nSPS) is 24.9. The average molecular weight is 148 g/mol. The zero-order chi connectivity index (χ0) is 7.82. The molecular weight excluding hydrogens is 132 g/mol. The van der Waals surface area contributed by atoms with Crippen LogP contribution in [0.1, 0.15) is 13.3 Å². The van der Waals surface area contributed by atoms with Crippen LogP contribution in [-0.2, 0) is 9.47 Å². The first-order chi connectivity index (χ1) is 4.93. The Labute approximate surface area is 62.0 Å². The standard InChI is InChI=1S/C6H12O2.CH4O/c1-2-6-5-7-3-4-8-6;1-2/h6H,2-5H2,1H3;2H,1H3. The van der Waals surface area contributed by atoms with Gasteiger partial charge in [0, 0.05) is 7.11 Å². The Morgan fingerprint density at radius 2 is 2.10 bits per heavy atom. The van der Waals surface area contributed by atoms with E-state index in [4.69, 9.17) is 14.6 Å². The Morgan fingerprint density at radius 3 is 2.40 bits per heavy atom. The molecule has 1 rings (SSSR count). The van der Waals surface area contributed by atoms with E-state index in [2.05, 4.69) is 6.92 Å². The molecule has 3 heteroatoms. The highest BCUT2D eigenvalue weighted by atomic mass is 16.6. The zero-order valence-corrected chi connectivity index (χ0v) is 6.67. The Kier molecular flexibility index (Phi) is 6.91. The van der Waals surface area contributed by atoms with Gasteiger partial charge in [-0.1, -0.05) is 6.92 Å². The van der Waals surface area contributed by atoms with Crippen LogP contribution in [0.2, 0.25) is 0 Å². The van der Waals surface area contributed by atoms with Crippen LogP contribution in [0.15, 0.2) is 0 Å². The maximum atomic E-state index is 7.00. The van der Waals surface area contributed by atoms with Gasteiger partial charge in [-0.05, 0) is 6.42 Å². The van der Waals surface area contributed by atoms with Crippen molar-refractivity contribution in [2.45, 2.75) is 19.4 Å². The molecule has 1 heterocycles. The van der Waals surface area contributed by atoms with Gasteiger partial charge in [-0.3, -0.25) is 0 Å². The van der Waals surface area contributed by atoms with Crippen LogP contribution < -0.4 is 0 Å². The van der Waals surface area contributed by atoms with E-state index >= 15 is 0 Å². The van der Waals surface area contributed by atoms with Crippen molar-refractivity contribution in [3.05, 3.63) is 0 Å². The molecule has 0 aromatic rings. The first-order valence-corrected chi connectivity index (χ1v) is 3.57. The molecule has 1 saturated heterocycles. The van der Waals surface area contributed by atoms with Crippen LogP contribution in [-0.4, -0.2) is 38.1 Å². The fourth-order valence-corrected chi connectivity index (χ4v) is 0.772. The molecule has 1 fully saturated rings. The van der Waals surface area contributed by atoms with Gasteiger partial charge in [-0.2, -0.15) is 0 Å². The summed E-state index contributed by atoms with van der Waals surface area (Å²) in [5, 5.41) is 7.00. The van der Waals surface area contributed by atoms with Gasteiger partial charge in [0.25, 0.3) is 0 Å². The molecule has 1 aliphatic heterocycles. The number of rotatable bonds is 1. The van der Waals surface area contributed by atoms with E-state index in [9.17, 15) is 0 Å². The van der Waals surface area contributed by atoms with Crippen LogP contribution in [0.4, 0.5) is 0 Å². The molecule has 0 saturated carbocycles. The van der Waals surface area contributed by atoms with Crippen LogP contribution in [0, 0.1) is 0 Å². The second kappa shape index (κ2) is 6.99. The Balaban J connectivity index is 0.000000371. The summed E-state index contributed by atoms with van der Waals surface area (Å²) in [7, 11) is 1.00. The molecule has 1 unspecified atom stereocenters. The van der Waals surface area contributed by atoms with Gasteiger partial charge in [0.15, 0.2) is 0 Å². The monoisotopic (exact) mass is 148 g/mol. The molecule has 1 aliphatic rings. The Hall–Kier alpha value is -0.120. The van der Waals surface area contributed by atoms with Crippen molar-refractivity contribution in [1.82, 2.24) is 0 Å². The van der Waals surface area contributed by atoms with Gasteiger partial charge >= 0.3 is 0 Å². The third-order valence-electron chi connectivity index (χ3n) is 1.34. The third-order valence-corrected chi connectivity index (χ3v) is 1.34. The highest BCUT2D eigenvalue weighted by Gasteiger charge is 2.10. The molecular formula is C7H16O3. The molecule has 0 amide bonds. The van der Waals surface area contributed by atoms with E-state index in [-0.39, 0.29) is 0 Å². The number of hydrogen-bond acceptors (Lipinski definition) is 3. The molecule has 1 N–H and O–H groups in total. The molecule has 10 heavy (non-hydrogen) atoms. The summed E-state index contributed by atoms with van der Waals surface area (Å²) in [6.45, 7) is 4.45. The van der Waals surface area contributed by atoms with Gasteiger partial charge in [-0.25, -0.2) is 0 Å². The van der Waals surface area contributed by atoms with Crippen molar-refractivity contribution in [1.29, 1.82) is 0 Å². The molecule has 0 bridgehead atoms. The van der Waals surface area contributed by atoms with E-state index in [0.29, 0.717) is 6.10 Å². The minimum Gasteiger partial charge on any atom is -0.400 e. The van der Waals surface area contributed by atoms with Crippen molar-refractivity contribution >= 4 is 0 Å². The molecule has 62 valence electrons. The van der Waals surface area contributed by atoms with Gasteiger partial charge < -0.3 is 14.6 Å². The lowest BCUT2D eigenvalue weighted by Crippen LogP contribution is -2.27. The smallest absolute Gasteiger partial charge is 0.0807 e. The molecule has 3 nitrogen and oxygen atoms in total. The van der Waals surface area contributed by atoms with Gasteiger partial charge in [-0.15, -0.1) is 0 Å². The van der Waals surface area contributed by atoms with Crippen molar-refractivity contribution in [3.63, 3.8) is 0 Å². The van der Waals surface area contributed by atoms with Crippen molar-refractivity contribution < 1.29 is 14.6 Å². The van der Waals surface area contributed by atoms with Crippen LogP contribution in [0.5, 0.6) is 0 Å². The van der Waals surface area contributed by atoms with Gasteiger partial charge in [0.2, 0.25) is 0 Å². The fraction of sp³-hybridized carbons (Fsp3) is 1.00. The summed E-state index contributed by atoms with van der Waals surface area (Å²) in [5.74, 6) is 0. The maximum absolute atomic E-state index is 7.00. The highest BCUT2D eigenvalue weighted by Crippen LogP contribution is 2.02. The third kappa shape index (κ3) is 3.82. The molecule has 0 spiro atoms. The number of hydrogen-bond donors (Lipinski definition) is 1. The molecule has 1 atom stereocenters. The summed E-state index contributed by atoms with van der Waals surface area (Å²) < 4.78 is 10.5. The largest absolute Gasteiger partial charge is 0.400 e. The fourth-order valence-electron chi connectivity index (χ4n) is 0.772. The highest BCUT2D eigenvalue weighted by molar-refractivity contribution is 4.56. The maximum Gasteiger partial charge on any atom is 0.0807 e. The topological polar surface area (TPSA) is 38.7 Å². The average Bonchev–Trinajstić information content (AvgIpc) is 2.10. The summed E-state index contributed by atoms with van der Waals surface area (Å²) in [6, 6.07) is 0. The summed E-state index contributed by atoms with van der Waals surface area (Å²) in [4.78, 5) is 0. The van der Waals surface area contributed by atoms with E-state index < -0.39 is 0 Å². The lowest BCUT2D eigenvalue weighted by molar-refractivity contribution is -0.0887. The second-order valence-corrected chi connectivity index (χ2v) is 1.98. The Morgan fingerprint density at radius 1 is 1.40 bits per heavy atom. The van der Waals surface area contributed by atoms with Gasteiger partial charge in [0.1, 0.15) is 0 Å². The lowest BCUT2D eigenvalue weighted by atomic mass is 10.3. The summed E-state index contributed by atoms with van der Waals surface area (Å²) in [6.07, 6.45) is 1.43. The molecule has 0 aliphatic carbocycles. The SMILES string of the molecule is CCC1COCCO1.CO. The predicted molar refractivity (Wildman–Crippen MR) is 39.0 cm³/mol. The van der Waals surface area contributed by atoms with Gasteiger partial charge in [0.05, 0.1) is 25.9 Å². The van der Waals surface area contributed by atoms with Crippen LogP contribution >= 0.6 is 0 Å². The van der Waals surface area contributed by atoms with Crippen LogP contribution in [0.3, 0.4) is 0 Å². The summed E-state index contributed by atoms with van der Waals surface area (Å²) >= 11 is 0. The summed E-state index contributed by atoms with van der Waals surface area (Å²) in [5.41, 5.74) is 0. The van der Waals surface area contributed by atoms with E-state index in [1.54, 1.807) is 0 Å². The molecule has 0 aromatic heterocycles. The number of aliphatic hydroxyl groups is 1. The van der Waals surface area contributed by atoms with Crippen molar-refractivity contribution in [3.8, 4) is 0 Å². The van der Waals surface area contributed by atoms with E-state index in [1.807, 2.05) is 0 Å². The van der Waals surface area contributed by atoms with Crippen molar-refractivity contribution in [2.24, 2.45) is 0 Å². The predicted octanol–water partition coefficient (Wildman–Crippen LogP) is 0.420. The second-order valence-electron chi connectivity index (χ2n) is 1.98. The zero-order valence-electron chi connectivity index (χ0n) is 6.67. The van der Waals surface area contributed by atoms with Crippen LogP contribution in [0.25, 0.3) is 0 Å². The molecule has 0 aromatic carbocycles. The minimum atomic E-state index is 0.365.